The van der Waals surface area contributed by atoms with Crippen LogP contribution < -0.4 is 5.32 Å². The molecule has 0 amide bonds. The Kier molecular flexibility index (Phi) is 5.15. The van der Waals surface area contributed by atoms with Gasteiger partial charge < -0.3 is 5.32 Å². The van der Waals surface area contributed by atoms with Crippen LogP contribution in [0.5, 0.6) is 0 Å². The third kappa shape index (κ3) is 4.37. The zero-order valence-electron chi connectivity index (χ0n) is 11.4. The van der Waals surface area contributed by atoms with E-state index in [4.69, 9.17) is 5.26 Å². The molecule has 1 aromatic rings. The van der Waals surface area contributed by atoms with Crippen molar-refractivity contribution in [3.63, 3.8) is 0 Å². The highest BCUT2D eigenvalue weighted by Crippen LogP contribution is 2.22. The SMILES string of the molecule is Cc1c(F)cccc1NCCCCC(C)(C)C#N. The smallest absolute Gasteiger partial charge is 0.128 e. The van der Waals surface area contributed by atoms with Crippen LogP contribution in [0.15, 0.2) is 18.2 Å². The van der Waals surface area contributed by atoms with Gasteiger partial charge in [-0.05, 0) is 45.7 Å². The molecule has 0 saturated heterocycles. The van der Waals surface area contributed by atoms with Crippen molar-refractivity contribution in [2.24, 2.45) is 5.41 Å². The van der Waals surface area contributed by atoms with E-state index in [0.717, 1.165) is 31.5 Å². The van der Waals surface area contributed by atoms with Crippen molar-refractivity contribution >= 4 is 5.69 Å². The maximum Gasteiger partial charge on any atom is 0.128 e. The monoisotopic (exact) mass is 248 g/mol. The standard InChI is InChI=1S/C15H21FN2/c1-12-13(16)7-6-8-14(12)18-10-5-4-9-15(2,3)11-17/h6-8,18H,4-5,9-10H2,1-3H3. The Labute approximate surface area is 109 Å². The zero-order chi connectivity index (χ0) is 13.6. The highest BCUT2D eigenvalue weighted by molar-refractivity contribution is 5.50. The van der Waals surface area contributed by atoms with Crippen LogP contribution in [-0.4, -0.2) is 6.54 Å². The third-order valence-corrected chi connectivity index (χ3v) is 3.11. The second-order valence-corrected chi connectivity index (χ2v) is 5.29. The number of rotatable bonds is 6. The van der Waals surface area contributed by atoms with E-state index >= 15 is 0 Å². The van der Waals surface area contributed by atoms with Crippen LogP contribution in [0.4, 0.5) is 10.1 Å². The first-order valence-corrected chi connectivity index (χ1v) is 6.36. The molecule has 0 aliphatic carbocycles. The summed E-state index contributed by atoms with van der Waals surface area (Å²) < 4.78 is 13.3. The molecule has 0 radical (unpaired) electrons. The van der Waals surface area contributed by atoms with Crippen molar-refractivity contribution in [1.29, 1.82) is 5.26 Å². The predicted molar refractivity (Wildman–Crippen MR) is 72.9 cm³/mol. The van der Waals surface area contributed by atoms with Crippen molar-refractivity contribution in [1.82, 2.24) is 0 Å². The van der Waals surface area contributed by atoms with Gasteiger partial charge in [-0.1, -0.05) is 12.5 Å². The molecule has 1 rings (SSSR count). The number of nitriles is 1. The lowest BCUT2D eigenvalue weighted by molar-refractivity contribution is 0.430. The highest BCUT2D eigenvalue weighted by Gasteiger charge is 2.15. The van der Waals surface area contributed by atoms with Gasteiger partial charge in [0.05, 0.1) is 11.5 Å². The summed E-state index contributed by atoms with van der Waals surface area (Å²) in [6.45, 7) is 6.50. The highest BCUT2D eigenvalue weighted by atomic mass is 19.1. The molecule has 98 valence electrons. The van der Waals surface area contributed by atoms with Crippen molar-refractivity contribution in [2.75, 3.05) is 11.9 Å². The van der Waals surface area contributed by atoms with E-state index in [9.17, 15) is 4.39 Å². The minimum atomic E-state index is -0.241. The molecule has 0 bridgehead atoms. The van der Waals surface area contributed by atoms with E-state index in [1.54, 1.807) is 13.0 Å². The molecule has 18 heavy (non-hydrogen) atoms. The predicted octanol–water partition coefficient (Wildman–Crippen LogP) is 4.27. The largest absolute Gasteiger partial charge is 0.385 e. The van der Waals surface area contributed by atoms with Crippen LogP contribution >= 0.6 is 0 Å². The normalized spacial score (nSPS) is 11.1. The second kappa shape index (κ2) is 6.39. The molecule has 2 nitrogen and oxygen atoms in total. The summed E-state index contributed by atoms with van der Waals surface area (Å²) in [6.07, 6.45) is 2.89. The number of hydrogen-bond acceptors (Lipinski definition) is 2. The molecule has 0 spiro atoms. The third-order valence-electron chi connectivity index (χ3n) is 3.11. The van der Waals surface area contributed by atoms with Crippen LogP contribution in [-0.2, 0) is 0 Å². The first-order valence-electron chi connectivity index (χ1n) is 6.36. The van der Waals surface area contributed by atoms with E-state index in [1.165, 1.54) is 6.07 Å². The van der Waals surface area contributed by atoms with E-state index < -0.39 is 0 Å². The summed E-state index contributed by atoms with van der Waals surface area (Å²) in [5, 5.41) is 12.1. The van der Waals surface area contributed by atoms with Crippen molar-refractivity contribution < 1.29 is 4.39 Å². The Morgan fingerprint density at radius 2 is 2.06 bits per heavy atom. The van der Waals surface area contributed by atoms with Gasteiger partial charge in [0, 0.05) is 17.8 Å². The van der Waals surface area contributed by atoms with E-state index in [0.29, 0.717) is 5.56 Å². The molecule has 1 aromatic carbocycles. The lowest BCUT2D eigenvalue weighted by Gasteiger charge is -2.15. The lowest BCUT2D eigenvalue weighted by Crippen LogP contribution is -2.09. The number of anilines is 1. The molecule has 0 fully saturated rings. The Hall–Kier alpha value is -1.56. The lowest BCUT2D eigenvalue weighted by atomic mass is 9.89. The summed E-state index contributed by atoms with van der Waals surface area (Å²) in [5.41, 5.74) is 1.28. The number of nitrogens with one attached hydrogen (secondary N) is 1. The summed E-state index contributed by atoms with van der Waals surface area (Å²) in [6, 6.07) is 7.36. The Balaban J connectivity index is 2.31. The molecule has 0 aromatic heterocycles. The average Bonchev–Trinajstić information content (AvgIpc) is 2.34. The molecular weight excluding hydrogens is 227 g/mol. The molecule has 0 aliphatic rings. The summed E-state index contributed by atoms with van der Waals surface area (Å²) in [4.78, 5) is 0. The fourth-order valence-corrected chi connectivity index (χ4v) is 1.77. The van der Waals surface area contributed by atoms with Gasteiger partial charge >= 0.3 is 0 Å². The molecule has 3 heteroatoms. The number of hydrogen-bond donors (Lipinski definition) is 1. The Morgan fingerprint density at radius 3 is 2.72 bits per heavy atom. The first kappa shape index (κ1) is 14.5. The van der Waals surface area contributed by atoms with Crippen molar-refractivity contribution in [3.8, 4) is 6.07 Å². The quantitative estimate of drug-likeness (QED) is 0.763. The van der Waals surface area contributed by atoms with Crippen LogP contribution in [0.3, 0.4) is 0 Å². The molecule has 0 saturated carbocycles. The van der Waals surface area contributed by atoms with E-state index in [-0.39, 0.29) is 11.2 Å². The van der Waals surface area contributed by atoms with Gasteiger partial charge in [0.2, 0.25) is 0 Å². The first-order chi connectivity index (χ1) is 8.46. The van der Waals surface area contributed by atoms with Crippen LogP contribution in [0.1, 0.15) is 38.7 Å². The van der Waals surface area contributed by atoms with Gasteiger partial charge in [0.15, 0.2) is 0 Å². The summed E-state index contributed by atoms with van der Waals surface area (Å²) >= 11 is 0. The van der Waals surface area contributed by atoms with Gasteiger partial charge in [0.25, 0.3) is 0 Å². The maximum absolute atomic E-state index is 13.3. The minimum absolute atomic E-state index is 0.175. The molecule has 0 atom stereocenters. The van der Waals surface area contributed by atoms with Crippen LogP contribution in [0.25, 0.3) is 0 Å². The van der Waals surface area contributed by atoms with E-state index in [2.05, 4.69) is 11.4 Å². The van der Waals surface area contributed by atoms with Gasteiger partial charge in [-0.15, -0.1) is 0 Å². The van der Waals surface area contributed by atoms with Crippen molar-refractivity contribution in [2.45, 2.75) is 40.0 Å². The number of halogens is 1. The van der Waals surface area contributed by atoms with E-state index in [1.807, 2.05) is 19.9 Å². The molecule has 0 unspecified atom stereocenters. The average molecular weight is 248 g/mol. The zero-order valence-corrected chi connectivity index (χ0v) is 11.4. The Bertz CT molecular complexity index is 433. The molecule has 0 aliphatic heterocycles. The number of unbranched alkanes of at least 4 members (excludes halogenated alkanes) is 1. The van der Waals surface area contributed by atoms with Crippen LogP contribution in [0, 0.1) is 29.5 Å². The number of nitrogens with zero attached hydrogens (tertiary/aromatic N) is 1. The maximum atomic E-state index is 13.3. The fraction of sp³-hybridized carbons (Fsp3) is 0.533. The fourth-order valence-electron chi connectivity index (χ4n) is 1.77. The molecule has 0 heterocycles. The topological polar surface area (TPSA) is 35.8 Å². The summed E-state index contributed by atoms with van der Waals surface area (Å²) in [7, 11) is 0. The van der Waals surface area contributed by atoms with Gasteiger partial charge in [-0.2, -0.15) is 5.26 Å². The molecular formula is C15H21FN2. The Morgan fingerprint density at radius 1 is 1.33 bits per heavy atom. The van der Waals surface area contributed by atoms with Crippen molar-refractivity contribution in [3.05, 3.63) is 29.6 Å². The summed E-state index contributed by atoms with van der Waals surface area (Å²) in [5.74, 6) is -0.175. The number of benzene rings is 1. The van der Waals surface area contributed by atoms with Gasteiger partial charge in [-0.3, -0.25) is 0 Å². The van der Waals surface area contributed by atoms with Gasteiger partial charge in [-0.25, -0.2) is 4.39 Å². The van der Waals surface area contributed by atoms with Gasteiger partial charge in [0.1, 0.15) is 5.82 Å². The minimum Gasteiger partial charge on any atom is -0.385 e. The molecule has 1 N–H and O–H groups in total. The van der Waals surface area contributed by atoms with Crippen LogP contribution in [0.2, 0.25) is 0 Å². The second-order valence-electron chi connectivity index (χ2n) is 5.29.